The molecule has 0 saturated carbocycles. The van der Waals surface area contributed by atoms with E-state index in [1.54, 1.807) is 4.90 Å². The number of fused-ring (bicyclic) bond motifs is 1. The summed E-state index contributed by atoms with van der Waals surface area (Å²) in [5.41, 5.74) is 0.916. The summed E-state index contributed by atoms with van der Waals surface area (Å²) in [5.74, 6) is 0.771. The number of urea groups is 1. The fourth-order valence-electron chi connectivity index (χ4n) is 2.02. The van der Waals surface area contributed by atoms with Crippen LogP contribution in [0.1, 0.15) is 27.7 Å². The van der Waals surface area contributed by atoms with Gasteiger partial charge in [-0.2, -0.15) is 0 Å². The predicted molar refractivity (Wildman–Crippen MR) is 76.7 cm³/mol. The monoisotopic (exact) mass is 262 g/mol. The molecule has 0 saturated heterocycles. The normalized spacial score (nSPS) is 18.5. The lowest BCUT2D eigenvalue weighted by molar-refractivity contribution is 0.203. The molecule has 1 unspecified atom stereocenters. The number of nitrogens with one attached hydrogen (secondary N) is 1. The standard InChI is InChI=1S/C15H22N2O2/c1-11-9-17(14(18)16-10-15(2,3)4)12-7-5-6-8-13(12)19-11/h5-8,11H,9-10H2,1-4H3,(H,16,18). The number of rotatable bonds is 1. The molecule has 1 aromatic carbocycles. The second-order valence-electron chi connectivity index (χ2n) is 6.23. The summed E-state index contributed by atoms with van der Waals surface area (Å²) >= 11 is 0. The van der Waals surface area contributed by atoms with Gasteiger partial charge in [-0.15, -0.1) is 0 Å². The lowest BCUT2D eigenvalue weighted by Gasteiger charge is -2.34. The predicted octanol–water partition coefficient (Wildman–Crippen LogP) is 3.03. The van der Waals surface area contributed by atoms with Gasteiger partial charge in [-0.05, 0) is 24.5 Å². The van der Waals surface area contributed by atoms with Crippen molar-refractivity contribution in [2.75, 3.05) is 18.0 Å². The highest BCUT2D eigenvalue weighted by Crippen LogP contribution is 2.32. The molecule has 0 bridgehead atoms. The van der Waals surface area contributed by atoms with Crippen molar-refractivity contribution in [3.63, 3.8) is 0 Å². The molecule has 1 aliphatic heterocycles. The number of carbonyl (C=O) groups is 1. The average Bonchev–Trinajstić information content (AvgIpc) is 2.34. The second-order valence-corrected chi connectivity index (χ2v) is 6.23. The fraction of sp³-hybridized carbons (Fsp3) is 0.533. The number of para-hydroxylation sites is 2. The Hall–Kier alpha value is -1.71. The summed E-state index contributed by atoms with van der Waals surface area (Å²) in [4.78, 5) is 14.1. The van der Waals surface area contributed by atoms with Gasteiger partial charge < -0.3 is 10.1 Å². The van der Waals surface area contributed by atoms with E-state index < -0.39 is 0 Å². The molecule has 0 aromatic heterocycles. The summed E-state index contributed by atoms with van der Waals surface area (Å²) in [6, 6.07) is 7.59. The Balaban J connectivity index is 2.14. The van der Waals surface area contributed by atoms with E-state index in [9.17, 15) is 4.79 Å². The molecule has 4 nitrogen and oxygen atoms in total. The Morgan fingerprint density at radius 1 is 1.42 bits per heavy atom. The highest BCUT2D eigenvalue weighted by Gasteiger charge is 2.27. The first-order chi connectivity index (χ1) is 8.87. The number of ether oxygens (including phenoxy) is 1. The Labute approximate surface area is 114 Å². The first kappa shape index (κ1) is 13.7. The van der Waals surface area contributed by atoms with Crippen LogP contribution < -0.4 is 15.0 Å². The average molecular weight is 262 g/mol. The first-order valence-electron chi connectivity index (χ1n) is 6.68. The molecular formula is C15H22N2O2. The van der Waals surface area contributed by atoms with Crippen molar-refractivity contribution >= 4 is 11.7 Å². The van der Waals surface area contributed by atoms with Crippen LogP contribution in [0.5, 0.6) is 5.75 Å². The van der Waals surface area contributed by atoms with E-state index in [2.05, 4.69) is 26.1 Å². The van der Waals surface area contributed by atoms with E-state index in [0.29, 0.717) is 13.1 Å². The van der Waals surface area contributed by atoms with Crippen molar-refractivity contribution in [3.8, 4) is 5.75 Å². The molecule has 1 N–H and O–H groups in total. The van der Waals surface area contributed by atoms with Crippen LogP contribution in [0.25, 0.3) is 0 Å². The molecule has 0 spiro atoms. The van der Waals surface area contributed by atoms with Gasteiger partial charge >= 0.3 is 6.03 Å². The van der Waals surface area contributed by atoms with Crippen LogP contribution >= 0.6 is 0 Å². The third kappa shape index (κ3) is 3.40. The SMILES string of the molecule is CC1CN(C(=O)NCC(C)(C)C)c2ccccc2O1. The molecule has 1 heterocycles. The van der Waals surface area contributed by atoms with E-state index in [1.165, 1.54) is 0 Å². The van der Waals surface area contributed by atoms with Crippen molar-refractivity contribution in [1.82, 2.24) is 5.32 Å². The van der Waals surface area contributed by atoms with Gasteiger partial charge in [-0.3, -0.25) is 4.90 Å². The topological polar surface area (TPSA) is 41.6 Å². The molecule has 2 rings (SSSR count). The van der Waals surface area contributed by atoms with Crippen LogP contribution in [0, 0.1) is 5.41 Å². The Morgan fingerprint density at radius 3 is 2.79 bits per heavy atom. The zero-order valence-electron chi connectivity index (χ0n) is 12.1. The second kappa shape index (κ2) is 5.11. The van der Waals surface area contributed by atoms with Gasteiger partial charge in [-0.25, -0.2) is 4.79 Å². The first-order valence-corrected chi connectivity index (χ1v) is 6.68. The quantitative estimate of drug-likeness (QED) is 0.845. The molecule has 1 aliphatic rings. The van der Waals surface area contributed by atoms with Gasteiger partial charge in [0.15, 0.2) is 0 Å². The highest BCUT2D eigenvalue weighted by atomic mass is 16.5. The van der Waals surface area contributed by atoms with Crippen molar-refractivity contribution in [2.24, 2.45) is 5.41 Å². The van der Waals surface area contributed by atoms with Crippen LogP contribution in [0.4, 0.5) is 10.5 Å². The maximum absolute atomic E-state index is 12.3. The van der Waals surface area contributed by atoms with Gasteiger partial charge in [0.25, 0.3) is 0 Å². The van der Waals surface area contributed by atoms with Gasteiger partial charge in [-0.1, -0.05) is 32.9 Å². The Bertz CT molecular complexity index is 465. The van der Waals surface area contributed by atoms with Crippen molar-refractivity contribution in [1.29, 1.82) is 0 Å². The highest BCUT2D eigenvalue weighted by molar-refractivity contribution is 5.94. The molecule has 2 amide bonds. The molecule has 19 heavy (non-hydrogen) atoms. The summed E-state index contributed by atoms with van der Waals surface area (Å²) in [6.45, 7) is 9.50. The summed E-state index contributed by atoms with van der Waals surface area (Å²) < 4.78 is 5.74. The smallest absolute Gasteiger partial charge is 0.322 e. The number of benzene rings is 1. The number of hydrogen-bond donors (Lipinski definition) is 1. The van der Waals surface area contributed by atoms with Gasteiger partial charge in [0, 0.05) is 6.54 Å². The number of hydrogen-bond acceptors (Lipinski definition) is 2. The molecular weight excluding hydrogens is 240 g/mol. The maximum Gasteiger partial charge on any atom is 0.322 e. The summed E-state index contributed by atoms with van der Waals surface area (Å²) in [5, 5.41) is 2.99. The van der Waals surface area contributed by atoms with Crippen molar-refractivity contribution in [2.45, 2.75) is 33.8 Å². The molecule has 0 fully saturated rings. The van der Waals surface area contributed by atoms with E-state index in [4.69, 9.17) is 4.74 Å². The largest absolute Gasteiger partial charge is 0.487 e. The van der Waals surface area contributed by atoms with Gasteiger partial charge in [0.2, 0.25) is 0 Å². The molecule has 4 heteroatoms. The van der Waals surface area contributed by atoms with E-state index >= 15 is 0 Å². The summed E-state index contributed by atoms with van der Waals surface area (Å²) in [7, 11) is 0. The van der Waals surface area contributed by atoms with Gasteiger partial charge in [0.1, 0.15) is 11.9 Å². The molecule has 1 aromatic rings. The minimum absolute atomic E-state index is 0.00952. The molecule has 0 radical (unpaired) electrons. The number of amides is 2. The van der Waals surface area contributed by atoms with Crippen LogP contribution in [-0.2, 0) is 0 Å². The molecule has 1 atom stereocenters. The number of nitrogens with zero attached hydrogens (tertiary/aromatic N) is 1. The third-order valence-electron chi connectivity index (χ3n) is 2.94. The van der Waals surface area contributed by atoms with Crippen LogP contribution in [0.15, 0.2) is 24.3 Å². The van der Waals surface area contributed by atoms with Crippen LogP contribution in [0.3, 0.4) is 0 Å². The molecule has 0 aliphatic carbocycles. The Morgan fingerprint density at radius 2 is 2.11 bits per heavy atom. The van der Waals surface area contributed by atoms with Crippen molar-refractivity contribution in [3.05, 3.63) is 24.3 Å². The van der Waals surface area contributed by atoms with E-state index in [1.807, 2.05) is 31.2 Å². The zero-order valence-corrected chi connectivity index (χ0v) is 12.1. The lowest BCUT2D eigenvalue weighted by atomic mass is 9.97. The lowest BCUT2D eigenvalue weighted by Crippen LogP contribution is -2.48. The van der Waals surface area contributed by atoms with E-state index in [0.717, 1.165) is 11.4 Å². The number of anilines is 1. The molecule has 104 valence electrons. The summed E-state index contributed by atoms with van der Waals surface area (Å²) in [6.07, 6.45) is 0.00952. The number of carbonyl (C=O) groups excluding carboxylic acids is 1. The minimum Gasteiger partial charge on any atom is -0.487 e. The Kier molecular flexibility index (Phi) is 3.69. The van der Waals surface area contributed by atoms with Crippen LogP contribution in [-0.4, -0.2) is 25.2 Å². The third-order valence-corrected chi connectivity index (χ3v) is 2.94. The van der Waals surface area contributed by atoms with Crippen molar-refractivity contribution < 1.29 is 9.53 Å². The zero-order chi connectivity index (χ0) is 14.0. The minimum atomic E-state index is -0.0578. The van der Waals surface area contributed by atoms with Crippen LogP contribution in [0.2, 0.25) is 0 Å². The maximum atomic E-state index is 12.3. The van der Waals surface area contributed by atoms with Gasteiger partial charge in [0.05, 0.1) is 12.2 Å². The van der Waals surface area contributed by atoms with E-state index in [-0.39, 0.29) is 17.6 Å². The fourth-order valence-corrected chi connectivity index (χ4v) is 2.02.